The van der Waals surface area contributed by atoms with Gasteiger partial charge in [-0.1, -0.05) is 11.8 Å². The van der Waals surface area contributed by atoms with Gasteiger partial charge in [0.2, 0.25) is 0 Å². The summed E-state index contributed by atoms with van der Waals surface area (Å²) in [5.74, 6) is -2.48. The molecule has 2 rings (SSSR count). The van der Waals surface area contributed by atoms with Crippen LogP contribution in [-0.4, -0.2) is 22.5 Å². The lowest BCUT2D eigenvalue weighted by molar-refractivity contribution is -0.0885. The first-order valence-corrected chi connectivity index (χ1v) is 6.57. The summed E-state index contributed by atoms with van der Waals surface area (Å²) in [5.41, 5.74) is -0.683. The van der Waals surface area contributed by atoms with E-state index >= 15 is 0 Å². The Balaban J connectivity index is 2.47. The summed E-state index contributed by atoms with van der Waals surface area (Å²) >= 11 is 7.81. The van der Waals surface area contributed by atoms with Crippen molar-refractivity contribution < 1.29 is 22.8 Å². The van der Waals surface area contributed by atoms with Crippen LogP contribution < -0.4 is 0 Å². The summed E-state index contributed by atoms with van der Waals surface area (Å²) in [5, 5.41) is 1.07. The van der Waals surface area contributed by atoms with E-state index in [2.05, 4.69) is 0 Å². The SMILES string of the molecule is O=C1CC(Cl)Sc2scc(C(=O)C(F)(F)F)c21. The number of thiophene rings is 1. The molecule has 1 aliphatic heterocycles. The highest BCUT2D eigenvalue weighted by molar-refractivity contribution is 8.03. The van der Waals surface area contributed by atoms with Crippen LogP contribution in [-0.2, 0) is 0 Å². The van der Waals surface area contributed by atoms with E-state index in [1.807, 2.05) is 0 Å². The average Bonchev–Trinajstić information content (AvgIpc) is 2.58. The third-order valence-electron chi connectivity index (χ3n) is 2.12. The van der Waals surface area contributed by atoms with Crippen LogP contribution in [0.1, 0.15) is 27.1 Å². The number of rotatable bonds is 1. The van der Waals surface area contributed by atoms with Gasteiger partial charge in [-0.05, 0) is 0 Å². The second-order valence-corrected chi connectivity index (χ2v) is 6.43. The van der Waals surface area contributed by atoms with Gasteiger partial charge in [0.1, 0.15) is 0 Å². The summed E-state index contributed by atoms with van der Waals surface area (Å²) in [6.45, 7) is 0. The zero-order chi connectivity index (χ0) is 12.8. The van der Waals surface area contributed by atoms with Crippen molar-refractivity contribution in [1.82, 2.24) is 0 Å². The zero-order valence-corrected chi connectivity index (χ0v) is 10.4. The number of halogens is 4. The van der Waals surface area contributed by atoms with Crippen molar-refractivity contribution >= 4 is 46.3 Å². The van der Waals surface area contributed by atoms with E-state index in [1.165, 1.54) is 0 Å². The summed E-state index contributed by atoms with van der Waals surface area (Å²) < 4.78 is 36.8. The number of ketones is 2. The molecule has 0 bridgehead atoms. The van der Waals surface area contributed by atoms with Crippen molar-refractivity contribution in [3.8, 4) is 0 Å². The highest BCUT2D eigenvalue weighted by Gasteiger charge is 2.43. The smallest absolute Gasteiger partial charge is 0.294 e. The quantitative estimate of drug-likeness (QED) is 0.585. The van der Waals surface area contributed by atoms with Gasteiger partial charge < -0.3 is 0 Å². The van der Waals surface area contributed by atoms with Crippen molar-refractivity contribution in [3.63, 3.8) is 0 Å². The molecule has 0 fully saturated rings. The fourth-order valence-electron chi connectivity index (χ4n) is 1.42. The van der Waals surface area contributed by atoms with Crippen LogP contribution in [0.2, 0.25) is 0 Å². The predicted octanol–water partition coefficient (Wildman–Crippen LogP) is 3.74. The Morgan fingerprint density at radius 1 is 1.47 bits per heavy atom. The maximum Gasteiger partial charge on any atom is 0.454 e. The first kappa shape index (κ1) is 12.9. The summed E-state index contributed by atoms with van der Waals surface area (Å²) in [4.78, 5) is 22.7. The lowest BCUT2D eigenvalue weighted by Gasteiger charge is -2.15. The maximum absolute atomic E-state index is 12.3. The van der Waals surface area contributed by atoms with E-state index < -0.39 is 28.0 Å². The molecule has 1 unspecified atom stereocenters. The number of Topliss-reactive ketones (excluding diaryl/α,β-unsaturated/α-hetero) is 2. The molecule has 0 saturated carbocycles. The van der Waals surface area contributed by atoms with Gasteiger partial charge in [0.05, 0.1) is 14.5 Å². The van der Waals surface area contributed by atoms with Crippen LogP contribution in [0.3, 0.4) is 0 Å². The predicted molar refractivity (Wildman–Crippen MR) is 59.2 cm³/mol. The number of carbonyl (C=O) groups is 2. The number of alkyl halides is 4. The Labute approximate surface area is 107 Å². The van der Waals surface area contributed by atoms with E-state index in [4.69, 9.17) is 11.6 Å². The molecule has 0 N–H and O–H groups in total. The number of hydrogen-bond acceptors (Lipinski definition) is 4. The van der Waals surface area contributed by atoms with Crippen molar-refractivity contribution in [3.05, 3.63) is 16.5 Å². The zero-order valence-electron chi connectivity index (χ0n) is 8.01. The Morgan fingerprint density at radius 2 is 2.12 bits per heavy atom. The maximum atomic E-state index is 12.3. The number of thioether (sulfide) groups is 1. The average molecular weight is 301 g/mol. The molecule has 0 radical (unpaired) electrons. The van der Waals surface area contributed by atoms with Gasteiger partial charge in [-0.3, -0.25) is 9.59 Å². The third kappa shape index (κ3) is 2.36. The molecular weight excluding hydrogens is 297 g/mol. The number of carbonyl (C=O) groups excluding carboxylic acids is 2. The molecule has 8 heteroatoms. The molecule has 1 aromatic heterocycles. The molecular formula is C9H4ClF3O2S2. The van der Waals surface area contributed by atoms with Gasteiger partial charge in [-0.2, -0.15) is 13.2 Å². The normalized spacial score (nSPS) is 20.2. The minimum Gasteiger partial charge on any atom is -0.294 e. The molecule has 0 amide bonds. The van der Waals surface area contributed by atoms with Crippen molar-refractivity contribution in [1.29, 1.82) is 0 Å². The Morgan fingerprint density at radius 3 is 2.71 bits per heavy atom. The lowest BCUT2D eigenvalue weighted by Crippen LogP contribution is -2.25. The van der Waals surface area contributed by atoms with Crippen LogP contribution in [0, 0.1) is 0 Å². The third-order valence-corrected chi connectivity index (χ3v) is 4.73. The monoisotopic (exact) mass is 300 g/mol. The van der Waals surface area contributed by atoms with Crippen molar-refractivity contribution in [2.75, 3.05) is 0 Å². The van der Waals surface area contributed by atoms with Crippen LogP contribution in [0.25, 0.3) is 0 Å². The minimum absolute atomic E-state index is 0.0614. The molecule has 1 aliphatic rings. The van der Waals surface area contributed by atoms with Gasteiger partial charge in [0.15, 0.2) is 5.78 Å². The van der Waals surface area contributed by atoms with Crippen molar-refractivity contribution in [2.24, 2.45) is 0 Å². The fourth-order valence-corrected chi connectivity index (χ4v) is 4.30. The van der Waals surface area contributed by atoms with Crippen LogP contribution in [0.4, 0.5) is 13.2 Å². The van der Waals surface area contributed by atoms with E-state index in [0.29, 0.717) is 4.21 Å². The Kier molecular flexibility index (Phi) is 3.26. The van der Waals surface area contributed by atoms with Gasteiger partial charge in [-0.25, -0.2) is 0 Å². The first-order valence-electron chi connectivity index (χ1n) is 4.37. The summed E-state index contributed by atoms with van der Waals surface area (Å²) in [6, 6.07) is 0. The molecule has 2 nitrogen and oxygen atoms in total. The topological polar surface area (TPSA) is 34.1 Å². The Hall–Kier alpha value is -0.530. The Bertz CT molecular complexity index is 495. The van der Waals surface area contributed by atoms with Gasteiger partial charge >= 0.3 is 6.18 Å². The molecule has 0 saturated heterocycles. The number of hydrogen-bond donors (Lipinski definition) is 0. The summed E-state index contributed by atoms with van der Waals surface area (Å²) in [6.07, 6.45) is -5.02. The highest BCUT2D eigenvalue weighted by Crippen LogP contribution is 2.43. The fraction of sp³-hybridized carbons (Fsp3) is 0.333. The molecule has 1 atom stereocenters. The molecule has 17 heavy (non-hydrogen) atoms. The van der Waals surface area contributed by atoms with Crippen molar-refractivity contribution in [2.45, 2.75) is 21.5 Å². The summed E-state index contributed by atoms with van der Waals surface area (Å²) in [7, 11) is 0. The lowest BCUT2D eigenvalue weighted by atomic mass is 10.0. The van der Waals surface area contributed by atoms with Gasteiger partial charge in [0.25, 0.3) is 5.78 Å². The first-order chi connectivity index (χ1) is 7.80. The molecule has 0 spiro atoms. The molecule has 2 heterocycles. The van der Waals surface area contributed by atoms with E-state index in [-0.39, 0.29) is 12.0 Å². The molecule has 0 aliphatic carbocycles. The van der Waals surface area contributed by atoms with E-state index in [1.54, 1.807) is 0 Å². The van der Waals surface area contributed by atoms with E-state index in [0.717, 1.165) is 28.5 Å². The van der Waals surface area contributed by atoms with Crippen LogP contribution >= 0.6 is 34.7 Å². The second kappa shape index (κ2) is 4.29. The van der Waals surface area contributed by atoms with E-state index in [9.17, 15) is 22.8 Å². The second-order valence-electron chi connectivity index (χ2n) is 3.29. The molecule has 0 aromatic carbocycles. The molecule has 1 aromatic rings. The standard InChI is InChI=1S/C9H4ClF3O2S2/c10-5-1-4(14)6-3(2-16-8(6)17-5)7(15)9(11,12)13/h2,5H,1H2. The molecule has 92 valence electrons. The van der Waals surface area contributed by atoms with Crippen LogP contribution in [0.15, 0.2) is 9.59 Å². The van der Waals surface area contributed by atoms with Gasteiger partial charge in [0, 0.05) is 17.4 Å². The van der Waals surface area contributed by atoms with Gasteiger partial charge in [-0.15, -0.1) is 22.9 Å². The largest absolute Gasteiger partial charge is 0.454 e. The highest BCUT2D eigenvalue weighted by atomic mass is 35.5. The number of fused-ring (bicyclic) bond motifs is 1. The van der Waals surface area contributed by atoms with Crippen LogP contribution in [0.5, 0.6) is 0 Å². The minimum atomic E-state index is -4.96.